The van der Waals surface area contributed by atoms with Gasteiger partial charge in [0, 0.05) is 19.6 Å². The van der Waals surface area contributed by atoms with E-state index in [1.807, 2.05) is 19.9 Å². The van der Waals surface area contributed by atoms with Gasteiger partial charge in [-0.25, -0.2) is 12.7 Å². The van der Waals surface area contributed by atoms with E-state index in [9.17, 15) is 8.42 Å². The summed E-state index contributed by atoms with van der Waals surface area (Å²) in [6.45, 7) is 4.27. The monoisotopic (exact) mass is 365 g/mol. The molecule has 0 amide bonds. The molecule has 8 heteroatoms. The van der Waals surface area contributed by atoms with Crippen LogP contribution in [-0.4, -0.2) is 32.4 Å². The molecule has 0 saturated carbocycles. The van der Waals surface area contributed by atoms with Gasteiger partial charge >= 0.3 is 0 Å². The Morgan fingerprint density at radius 3 is 2.50 bits per heavy atom. The Kier molecular flexibility index (Phi) is 8.37. The summed E-state index contributed by atoms with van der Waals surface area (Å²) in [7, 11) is -2.28. The molecular weight excluding hydrogens is 345 g/mol. The van der Waals surface area contributed by atoms with Gasteiger partial charge < -0.3 is 5.73 Å². The van der Waals surface area contributed by atoms with Crippen LogP contribution in [0.3, 0.4) is 0 Å². The topological polar surface area (TPSA) is 87.2 Å². The average molecular weight is 366 g/mol. The van der Waals surface area contributed by atoms with Gasteiger partial charge in [0.25, 0.3) is 0 Å². The first-order chi connectivity index (χ1) is 9.71. The smallest absolute Gasteiger partial charge is 0.244 e. The summed E-state index contributed by atoms with van der Waals surface area (Å²) in [5.74, 6) is 0.280. The lowest BCUT2D eigenvalue weighted by Gasteiger charge is -2.21. The molecule has 5 nitrogen and oxygen atoms in total. The normalized spacial score (nSPS) is 12.8. The summed E-state index contributed by atoms with van der Waals surface area (Å²) < 4.78 is 26.3. The molecule has 124 valence electrons. The van der Waals surface area contributed by atoms with E-state index in [4.69, 9.17) is 22.6 Å². The minimum absolute atomic E-state index is 0. The summed E-state index contributed by atoms with van der Waals surface area (Å²) in [5.41, 5.74) is 5.90. The number of nitriles is 1. The number of nitrogens with zero attached hydrogens (tertiary/aromatic N) is 2. The van der Waals surface area contributed by atoms with E-state index >= 15 is 0 Å². The molecule has 0 saturated heterocycles. The first kappa shape index (κ1) is 21.2. The lowest BCUT2D eigenvalue weighted by molar-refractivity contribution is 0.397. The lowest BCUT2D eigenvalue weighted by atomic mass is 10.0. The zero-order valence-corrected chi connectivity index (χ0v) is 15.2. The molecule has 0 radical (unpaired) electrons. The molecule has 2 N–H and O–H groups in total. The zero-order chi connectivity index (χ0) is 16.2. The van der Waals surface area contributed by atoms with Crippen molar-refractivity contribution in [2.24, 2.45) is 11.7 Å². The van der Waals surface area contributed by atoms with E-state index in [0.29, 0.717) is 13.0 Å². The minimum Gasteiger partial charge on any atom is -0.327 e. The molecule has 0 fully saturated rings. The van der Waals surface area contributed by atoms with Crippen LogP contribution in [0.5, 0.6) is 0 Å². The Hall–Kier alpha value is -0.840. The van der Waals surface area contributed by atoms with Gasteiger partial charge in [-0.2, -0.15) is 5.26 Å². The fourth-order valence-electron chi connectivity index (χ4n) is 1.78. The van der Waals surface area contributed by atoms with Gasteiger partial charge in [-0.15, -0.1) is 12.4 Å². The van der Waals surface area contributed by atoms with Crippen LogP contribution in [0.15, 0.2) is 23.1 Å². The largest absolute Gasteiger partial charge is 0.327 e. The third-order valence-corrected chi connectivity index (χ3v) is 5.62. The van der Waals surface area contributed by atoms with E-state index < -0.39 is 10.0 Å². The molecule has 0 aliphatic carbocycles. The van der Waals surface area contributed by atoms with Gasteiger partial charge in [-0.3, -0.25) is 0 Å². The Bertz CT molecular complexity index is 642. The molecule has 0 aliphatic heterocycles. The average Bonchev–Trinajstić information content (AvgIpc) is 2.43. The molecule has 0 aromatic heterocycles. The second-order valence-electron chi connectivity index (χ2n) is 5.25. The fraction of sp³-hybridized carbons (Fsp3) is 0.500. The highest BCUT2D eigenvalue weighted by Gasteiger charge is 2.25. The van der Waals surface area contributed by atoms with Crippen molar-refractivity contribution in [1.29, 1.82) is 5.26 Å². The molecule has 1 aromatic carbocycles. The predicted molar refractivity (Wildman–Crippen MR) is 90.7 cm³/mol. The fourth-order valence-corrected chi connectivity index (χ4v) is 3.40. The van der Waals surface area contributed by atoms with Crippen LogP contribution in [-0.2, 0) is 10.0 Å². The summed E-state index contributed by atoms with van der Waals surface area (Å²) >= 11 is 5.88. The number of nitrogens with two attached hydrogens (primary N) is 1. The van der Waals surface area contributed by atoms with Crippen molar-refractivity contribution in [2.45, 2.75) is 31.2 Å². The van der Waals surface area contributed by atoms with Gasteiger partial charge in [0.2, 0.25) is 10.0 Å². The Balaban J connectivity index is 0.00000441. The maximum atomic E-state index is 12.5. The number of sulfonamides is 1. The highest BCUT2D eigenvalue weighted by molar-refractivity contribution is 7.89. The van der Waals surface area contributed by atoms with Gasteiger partial charge in [-0.1, -0.05) is 31.5 Å². The van der Waals surface area contributed by atoms with Crippen molar-refractivity contribution < 1.29 is 8.42 Å². The van der Waals surface area contributed by atoms with Gasteiger partial charge in [0.15, 0.2) is 0 Å². The Labute approximate surface area is 143 Å². The number of hydrogen-bond donors (Lipinski definition) is 1. The molecule has 1 atom stereocenters. The van der Waals surface area contributed by atoms with Crippen molar-refractivity contribution >= 4 is 34.0 Å². The van der Waals surface area contributed by atoms with Crippen LogP contribution in [0.4, 0.5) is 0 Å². The molecule has 1 aromatic rings. The second-order valence-corrected chi connectivity index (χ2v) is 7.67. The maximum Gasteiger partial charge on any atom is 0.244 e. The molecule has 22 heavy (non-hydrogen) atoms. The Morgan fingerprint density at radius 1 is 1.41 bits per heavy atom. The molecule has 0 heterocycles. The van der Waals surface area contributed by atoms with Crippen LogP contribution in [0.25, 0.3) is 0 Å². The van der Waals surface area contributed by atoms with Crippen molar-refractivity contribution in [2.75, 3.05) is 13.6 Å². The van der Waals surface area contributed by atoms with Gasteiger partial charge in [0.05, 0.1) is 10.6 Å². The molecule has 0 spiro atoms. The number of halogens is 2. The predicted octanol–water partition coefficient (Wildman–Crippen LogP) is 2.63. The molecule has 1 unspecified atom stereocenters. The second kappa shape index (κ2) is 8.70. The molecule has 0 aliphatic rings. The highest BCUT2D eigenvalue weighted by Crippen LogP contribution is 2.25. The first-order valence-corrected chi connectivity index (χ1v) is 8.44. The van der Waals surface area contributed by atoms with E-state index in [0.717, 1.165) is 0 Å². The van der Waals surface area contributed by atoms with Crippen molar-refractivity contribution in [1.82, 2.24) is 4.31 Å². The van der Waals surface area contributed by atoms with Crippen LogP contribution < -0.4 is 5.73 Å². The third kappa shape index (κ3) is 4.83. The van der Waals surface area contributed by atoms with E-state index in [1.165, 1.54) is 29.6 Å². The zero-order valence-electron chi connectivity index (χ0n) is 12.8. The third-order valence-electron chi connectivity index (χ3n) is 3.41. The summed E-state index contributed by atoms with van der Waals surface area (Å²) in [4.78, 5) is -0.0712. The van der Waals surface area contributed by atoms with Crippen LogP contribution in [0, 0.1) is 17.2 Å². The summed E-state index contributed by atoms with van der Waals surface area (Å²) in [6.07, 6.45) is 0.551. The lowest BCUT2D eigenvalue weighted by Crippen LogP contribution is -2.35. The van der Waals surface area contributed by atoms with Crippen LogP contribution in [0.1, 0.15) is 25.8 Å². The Morgan fingerprint density at radius 2 is 2.00 bits per heavy atom. The summed E-state index contributed by atoms with van der Waals surface area (Å²) in [5, 5.41) is 9.23. The van der Waals surface area contributed by atoms with Crippen molar-refractivity contribution in [3.63, 3.8) is 0 Å². The van der Waals surface area contributed by atoms with Crippen molar-refractivity contribution in [3.8, 4) is 6.07 Å². The van der Waals surface area contributed by atoms with E-state index in [-0.39, 0.29) is 39.8 Å². The van der Waals surface area contributed by atoms with Gasteiger partial charge in [-0.05, 0) is 24.5 Å². The highest BCUT2D eigenvalue weighted by atomic mass is 35.5. The van der Waals surface area contributed by atoms with E-state index in [1.54, 1.807) is 0 Å². The quantitative estimate of drug-likeness (QED) is 0.838. The number of benzene rings is 1. The number of rotatable bonds is 6. The number of hydrogen-bond acceptors (Lipinski definition) is 4. The van der Waals surface area contributed by atoms with Gasteiger partial charge in [0.1, 0.15) is 11.0 Å². The minimum atomic E-state index is -3.75. The van der Waals surface area contributed by atoms with Crippen LogP contribution in [0.2, 0.25) is 5.02 Å². The molecule has 1 rings (SSSR count). The van der Waals surface area contributed by atoms with Crippen LogP contribution >= 0.6 is 24.0 Å². The SMILES string of the molecule is CC(C)C(N)CCN(C)S(=O)(=O)c1cccc(Cl)c1C#N.Cl. The molecule has 0 bridgehead atoms. The van der Waals surface area contributed by atoms with E-state index in [2.05, 4.69) is 0 Å². The van der Waals surface area contributed by atoms with Crippen molar-refractivity contribution in [3.05, 3.63) is 28.8 Å². The maximum absolute atomic E-state index is 12.5. The first-order valence-electron chi connectivity index (χ1n) is 6.62. The summed E-state index contributed by atoms with van der Waals surface area (Å²) in [6, 6.07) is 6.17. The molecular formula is C14H21Cl2N3O2S. The standard InChI is InChI=1S/C14H20ClN3O2S.ClH/c1-10(2)13(17)7-8-18(3)21(19,20)14-6-4-5-12(15)11(14)9-16;/h4-6,10,13H,7-8,17H2,1-3H3;1H.